The van der Waals surface area contributed by atoms with Gasteiger partial charge in [0.25, 0.3) is 0 Å². The first kappa shape index (κ1) is 14.3. The summed E-state index contributed by atoms with van der Waals surface area (Å²) in [6.45, 7) is 2.34. The summed E-state index contributed by atoms with van der Waals surface area (Å²) in [6, 6.07) is 5.31. The minimum atomic E-state index is -0.350. The molecule has 0 saturated carbocycles. The highest BCUT2D eigenvalue weighted by molar-refractivity contribution is 9.10. The maximum atomic E-state index is 14.3. The van der Waals surface area contributed by atoms with Gasteiger partial charge in [0, 0.05) is 20.2 Å². The summed E-state index contributed by atoms with van der Waals surface area (Å²) < 4.78 is 19.7. The zero-order valence-corrected chi connectivity index (χ0v) is 12.4. The van der Waals surface area contributed by atoms with E-state index in [0.29, 0.717) is 23.8 Å². The Morgan fingerprint density at radius 1 is 1.58 bits per heavy atom. The van der Waals surface area contributed by atoms with E-state index in [0.717, 1.165) is 25.9 Å². The van der Waals surface area contributed by atoms with Crippen LogP contribution < -0.4 is 4.90 Å². The van der Waals surface area contributed by atoms with Crippen molar-refractivity contribution in [1.82, 2.24) is 0 Å². The Morgan fingerprint density at radius 2 is 2.37 bits per heavy atom. The highest BCUT2D eigenvalue weighted by Gasteiger charge is 2.23. The normalized spacial score (nSPS) is 19.3. The molecule has 1 heterocycles. The van der Waals surface area contributed by atoms with Crippen LogP contribution in [0.4, 0.5) is 10.1 Å². The minimum Gasteiger partial charge on any atom is -0.384 e. The quantitative estimate of drug-likeness (QED) is 0.854. The molecule has 1 aliphatic heterocycles. The van der Waals surface area contributed by atoms with Crippen LogP contribution in [0.2, 0.25) is 0 Å². The molecule has 5 heteroatoms. The molecular formula is C14H16BrFN2O. The molecule has 3 nitrogen and oxygen atoms in total. The molecule has 1 aliphatic rings. The standard InChI is InChI=1S/C14H16BrFN2O/c1-19-9-10-3-2-6-18(8-10)12-5-4-11(7-17)13(15)14(12)16/h4-5,10H,2-3,6,8-9H2,1H3. The fourth-order valence-corrected chi connectivity index (χ4v) is 2.95. The SMILES string of the molecule is COCC1CCCN(c2ccc(C#N)c(Br)c2F)C1. The maximum absolute atomic E-state index is 14.3. The van der Waals surface area contributed by atoms with Crippen molar-refractivity contribution < 1.29 is 9.13 Å². The summed E-state index contributed by atoms with van der Waals surface area (Å²) in [5, 5.41) is 8.88. The van der Waals surface area contributed by atoms with E-state index in [1.165, 1.54) is 0 Å². The van der Waals surface area contributed by atoms with Gasteiger partial charge in [-0.2, -0.15) is 5.26 Å². The van der Waals surface area contributed by atoms with Crippen LogP contribution in [0.3, 0.4) is 0 Å². The molecule has 0 aliphatic carbocycles. The van der Waals surface area contributed by atoms with Crippen LogP contribution in [0.5, 0.6) is 0 Å². The van der Waals surface area contributed by atoms with E-state index in [2.05, 4.69) is 15.9 Å². The molecule has 1 aromatic rings. The third-order valence-corrected chi connectivity index (χ3v) is 4.22. The van der Waals surface area contributed by atoms with E-state index >= 15 is 0 Å². The molecule has 1 aromatic carbocycles. The summed E-state index contributed by atoms with van der Waals surface area (Å²) in [5.41, 5.74) is 0.887. The number of ether oxygens (including phenoxy) is 1. The molecule has 19 heavy (non-hydrogen) atoms. The molecular weight excluding hydrogens is 311 g/mol. The molecule has 1 saturated heterocycles. The molecule has 1 atom stereocenters. The largest absolute Gasteiger partial charge is 0.384 e. The van der Waals surface area contributed by atoms with Crippen LogP contribution in [0, 0.1) is 23.1 Å². The van der Waals surface area contributed by atoms with Crippen molar-refractivity contribution in [2.75, 3.05) is 31.7 Å². The number of anilines is 1. The van der Waals surface area contributed by atoms with E-state index in [1.54, 1.807) is 19.2 Å². The summed E-state index contributed by atoms with van der Waals surface area (Å²) in [6.07, 6.45) is 2.15. The molecule has 102 valence electrons. The first-order valence-corrected chi connectivity index (χ1v) is 7.08. The smallest absolute Gasteiger partial charge is 0.161 e. The number of hydrogen-bond donors (Lipinski definition) is 0. The lowest BCUT2D eigenvalue weighted by molar-refractivity contribution is 0.143. The molecule has 0 bridgehead atoms. The molecule has 0 amide bonds. The van der Waals surface area contributed by atoms with Crippen LogP contribution in [-0.4, -0.2) is 26.8 Å². The molecule has 1 unspecified atom stereocenters. The summed E-state index contributed by atoms with van der Waals surface area (Å²) in [5.74, 6) is 0.0877. The molecule has 0 radical (unpaired) electrons. The van der Waals surface area contributed by atoms with Crippen molar-refractivity contribution in [1.29, 1.82) is 5.26 Å². The predicted molar refractivity (Wildman–Crippen MR) is 75.6 cm³/mol. The molecule has 0 aromatic heterocycles. The minimum absolute atomic E-state index is 0.251. The van der Waals surface area contributed by atoms with Gasteiger partial charge in [-0.05, 0) is 46.8 Å². The van der Waals surface area contributed by atoms with Gasteiger partial charge in [-0.25, -0.2) is 4.39 Å². The van der Waals surface area contributed by atoms with Crippen molar-refractivity contribution in [3.8, 4) is 6.07 Å². The number of nitrogens with zero attached hydrogens (tertiary/aromatic N) is 2. The van der Waals surface area contributed by atoms with Gasteiger partial charge in [-0.1, -0.05) is 0 Å². The van der Waals surface area contributed by atoms with E-state index in [-0.39, 0.29) is 10.3 Å². The van der Waals surface area contributed by atoms with E-state index in [9.17, 15) is 4.39 Å². The number of hydrogen-bond acceptors (Lipinski definition) is 3. The van der Waals surface area contributed by atoms with Gasteiger partial charge in [-0.15, -0.1) is 0 Å². The third kappa shape index (κ3) is 3.07. The van der Waals surface area contributed by atoms with Gasteiger partial charge < -0.3 is 9.64 Å². The Balaban J connectivity index is 2.22. The summed E-state index contributed by atoms with van der Waals surface area (Å²) in [7, 11) is 1.69. The van der Waals surface area contributed by atoms with Crippen molar-refractivity contribution in [3.63, 3.8) is 0 Å². The second kappa shape index (κ2) is 6.36. The molecule has 0 spiro atoms. The van der Waals surface area contributed by atoms with Crippen molar-refractivity contribution in [3.05, 3.63) is 28.0 Å². The monoisotopic (exact) mass is 326 g/mol. The Morgan fingerprint density at radius 3 is 3.05 bits per heavy atom. The van der Waals surface area contributed by atoms with Crippen molar-refractivity contribution >= 4 is 21.6 Å². The molecule has 1 fully saturated rings. The highest BCUT2D eigenvalue weighted by Crippen LogP contribution is 2.31. The Labute approximate surface area is 121 Å². The average Bonchev–Trinajstić information content (AvgIpc) is 2.42. The number of nitriles is 1. The molecule has 2 rings (SSSR count). The Bertz CT molecular complexity index is 499. The van der Waals surface area contributed by atoms with Crippen LogP contribution in [0.25, 0.3) is 0 Å². The van der Waals surface area contributed by atoms with Crippen LogP contribution in [-0.2, 0) is 4.74 Å². The zero-order chi connectivity index (χ0) is 13.8. The third-order valence-electron chi connectivity index (χ3n) is 3.44. The number of methoxy groups -OCH3 is 1. The predicted octanol–water partition coefficient (Wildman–Crippen LogP) is 3.32. The van der Waals surface area contributed by atoms with Gasteiger partial charge >= 0.3 is 0 Å². The number of rotatable bonds is 3. The second-order valence-corrected chi connectivity index (χ2v) is 5.57. The Kier molecular flexibility index (Phi) is 4.78. The lowest BCUT2D eigenvalue weighted by Gasteiger charge is -2.34. The lowest BCUT2D eigenvalue weighted by Crippen LogP contribution is -2.37. The van der Waals surface area contributed by atoms with Gasteiger partial charge in [0.15, 0.2) is 5.82 Å². The zero-order valence-electron chi connectivity index (χ0n) is 10.8. The lowest BCUT2D eigenvalue weighted by atomic mass is 9.98. The summed E-state index contributed by atoms with van der Waals surface area (Å²) >= 11 is 3.15. The first-order valence-electron chi connectivity index (χ1n) is 6.29. The van der Waals surface area contributed by atoms with Gasteiger partial charge in [0.2, 0.25) is 0 Å². The van der Waals surface area contributed by atoms with Crippen LogP contribution in [0.15, 0.2) is 16.6 Å². The van der Waals surface area contributed by atoms with Crippen molar-refractivity contribution in [2.45, 2.75) is 12.8 Å². The van der Waals surface area contributed by atoms with Crippen LogP contribution in [0.1, 0.15) is 18.4 Å². The number of benzene rings is 1. The average molecular weight is 327 g/mol. The fourth-order valence-electron chi connectivity index (χ4n) is 2.53. The van der Waals surface area contributed by atoms with Crippen LogP contribution >= 0.6 is 15.9 Å². The summed E-state index contributed by atoms with van der Waals surface area (Å²) in [4.78, 5) is 2.04. The van der Waals surface area contributed by atoms with Gasteiger partial charge in [0.05, 0.1) is 22.3 Å². The van der Waals surface area contributed by atoms with E-state index in [1.807, 2.05) is 11.0 Å². The van der Waals surface area contributed by atoms with Crippen molar-refractivity contribution in [2.24, 2.45) is 5.92 Å². The van der Waals surface area contributed by atoms with E-state index in [4.69, 9.17) is 10.00 Å². The topological polar surface area (TPSA) is 36.3 Å². The fraction of sp³-hybridized carbons (Fsp3) is 0.500. The Hall–Kier alpha value is -1.12. The molecule has 0 N–H and O–H groups in total. The first-order chi connectivity index (χ1) is 9.17. The number of halogens is 2. The highest BCUT2D eigenvalue weighted by atomic mass is 79.9. The second-order valence-electron chi connectivity index (χ2n) is 4.78. The van der Waals surface area contributed by atoms with Gasteiger partial charge in [-0.3, -0.25) is 0 Å². The maximum Gasteiger partial charge on any atom is 0.161 e. The number of piperidine rings is 1. The van der Waals surface area contributed by atoms with E-state index < -0.39 is 0 Å². The van der Waals surface area contributed by atoms with Gasteiger partial charge in [0.1, 0.15) is 6.07 Å².